The maximum Gasteiger partial charge on any atom is 0.307 e. The van der Waals surface area contributed by atoms with E-state index >= 15 is 0 Å². The third kappa shape index (κ3) is 8.34. The number of carbonyl (C=O) groups excluding carboxylic acids is 1. The number of carbonyl (C=O) groups is 1. The Bertz CT molecular complexity index is 287. The summed E-state index contributed by atoms with van der Waals surface area (Å²) in [4.78, 5) is 10.9. The molecule has 0 aromatic heterocycles. The molecule has 0 aliphatic rings. The van der Waals surface area contributed by atoms with Crippen LogP contribution >= 0.6 is 0 Å². The monoisotopic (exact) mass is 238 g/mol. The smallest absolute Gasteiger partial charge is 0.307 e. The Hall–Kier alpha value is -0.660. The summed E-state index contributed by atoms with van der Waals surface area (Å²) >= 11 is 0. The third-order valence-electron chi connectivity index (χ3n) is 1.32. The summed E-state index contributed by atoms with van der Waals surface area (Å²) in [5.41, 5.74) is 0. The number of hydrogen-bond donors (Lipinski definition) is 2. The first-order chi connectivity index (χ1) is 6.87. The molecule has 0 aliphatic heterocycles. The van der Waals surface area contributed by atoms with Crippen molar-refractivity contribution in [2.24, 2.45) is 0 Å². The van der Waals surface area contributed by atoms with Crippen LogP contribution in [-0.4, -0.2) is 33.6 Å². The molecule has 0 atom stereocenters. The van der Waals surface area contributed by atoms with E-state index in [4.69, 9.17) is 0 Å². The molecule has 0 heterocycles. The zero-order valence-electron chi connectivity index (χ0n) is 9.24. The number of esters is 1. The van der Waals surface area contributed by atoms with E-state index in [1.165, 1.54) is 0 Å². The fourth-order valence-corrected chi connectivity index (χ4v) is 1.95. The lowest BCUT2D eigenvalue weighted by atomic mass is 10.4. The second-order valence-electron chi connectivity index (χ2n) is 3.23. The van der Waals surface area contributed by atoms with Crippen LogP contribution in [0.15, 0.2) is 0 Å². The fraction of sp³-hybridized carbons (Fsp3) is 0.875. The molecular weight excluding hydrogens is 220 g/mol. The summed E-state index contributed by atoms with van der Waals surface area (Å²) in [5, 5.41) is 0. The molecule has 90 valence electrons. The molecule has 0 spiro atoms. The van der Waals surface area contributed by atoms with Crippen molar-refractivity contribution in [3.05, 3.63) is 0 Å². The van der Waals surface area contributed by atoms with Crippen molar-refractivity contribution in [2.45, 2.75) is 33.2 Å². The van der Waals surface area contributed by atoms with E-state index in [-0.39, 0.29) is 19.0 Å². The first-order valence-electron chi connectivity index (χ1n) is 4.80. The van der Waals surface area contributed by atoms with Gasteiger partial charge in [-0.1, -0.05) is 0 Å². The molecule has 2 N–H and O–H groups in total. The fourth-order valence-electron chi connectivity index (χ4n) is 0.873. The van der Waals surface area contributed by atoms with Crippen LogP contribution in [0, 0.1) is 0 Å². The number of hydrogen-bond acceptors (Lipinski definition) is 4. The minimum absolute atomic E-state index is 0.0346. The average Bonchev–Trinajstić information content (AvgIpc) is 2.01. The molecule has 0 bridgehead atoms. The van der Waals surface area contributed by atoms with Crippen molar-refractivity contribution >= 4 is 16.2 Å². The highest BCUT2D eigenvalue weighted by atomic mass is 32.2. The highest BCUT2D eigenvalue weighted by Crippen LogP contribution is 1.87. The molecule has 0 aromatic carbocycles. The summed E-state index contributed by atoms with van der Waals surface area (Å²) in [7, 11) is -3.50. The van der Waals surface area contributed by atoms with Crippen LogP contribution in [0.2, 0.25) is 0 Å². The van der Waals surface area contributed by atoms with E-state index < -0.39 is 16.2 Å². The summed E-state index contributed by atoms with van der Waals surface area (Å²) < 4.78 is 31.6. The minimum Gasteiger partial charge on any atom is -0.466 e. The molecule has 0 amide bonds. The largest absolute Gasteiger partial charge is 0.466 e. The first kappa shape index (κ1) is 14.3. The normalized spacial score (nSPS) is 11.7. The van der Waals surface area contributed by atoms with Crippen LogP contribution in [0.25, 0.3) is 0 Å². The van der Waals surface area contributed by atoms with Crippen molar-refractivity contribution < 1.29 is 17.9 Å². The van der Waals surface area contributed by atoms with Gasteiger partial charge >= 0.3 is 5.97 Å². The third-order valence-corrected chi connectivity index (χ3v) is 2.68. The lowest BCUT2D eigenvalue weighted by Crippen LogP contribution is -2.41. The molecular formula is C8H18N2O4S. The average molecular weight is 238 g/mol. The van der Waals surface area contributed by atoms with Gasteiger partial charge in [-0.25, -0.2) is 4.72 Å². The Morgan fingerprint density at radius 1 is 1.40 bits per heavy atom. The lowest BCUT2D eigenvalue weighted by Gasteiger charge is -2.10. The van der Waals surface area contributed by atoms with Gasteiger partial charge in [0.2, 0.25) is 0 Å². The Morgan fingerprint density at radius 2 is 2.00 bits per heavy atom. The molecule has 0 aliphatic carbocycles. The van der Waals surface area contributed by atoms with E-state index in [1.807, 2.05) is 0 Å². The standard InChI is InChI=1S/C8H18N2O4S/c1-4-14-8(11)5-6-9-15(12,13)10-7(2)3/h7,9-10H,4-6H2,1-3H3. The number of rotatable bonds is 7. The van der Waals surface area contributed by atoms with Crippen LogP contribution in [0.4, 0.5) is 0 Å². The molecule has 0 rings (SSSR count). The molecule has 0 radical (unpaired) electrons. The van der Waals surface area contributed by atoms with Crippen molar-refractivity contribution in [1.29, 1.82) is 0 Å². The topological polar surface area (TPSA) is 84.5 Å². The van der Waals surface area contributed by atoms with Gasteiger partial charge in [0.25, 0.3) is 10.2 Å². The maximum atomic E-state index is 11.2. The Morgan fingerprint density at radius 3 is 2.47 bits per heavy atom. The van der Waals surface area contributed by atoms with Crippen LogP contribution in [0.1, 0.15) is 27.2 Å². The highest BCUT2D eigenvalue weighted by molar-refractivity contribution is 7.87. The SMILES string of the molecule is CCOC(=O)CCNS(=O)(=O)NC(C)C. The van der Waals surface area contributed by atoms with E-state index in [0.29, 0.717) is 6.61 Å². The van der Waals surface area contributed by atoms with E-state index in [9.17, 15) is 13.2 Å². The van der Waals surface area contributed by atoms with Gasteiger partial charge in [-0.3, -0.25) is 4.79 Å². The minimum atomic E-state index is -3.50. The van der Waals surface area contributed by atoms with Gasteiger partial charge in [0.1, 0.15) is 0 Å². The van der Waals surface area contributed by atoms with Crippen molar-refractivity contribution in [3.8, 4) is 0 Å². The molecule has 0 fully saturated rings. The molecule has 6 nitrogen and oxygen atoms in total. The summed E-state index contributed by atoms with van der Waals surface area (Å²) in [6.45, 7) is 5.47. The predicted octanol–water partition coefficient (Wildman–Crippen LogP) is -0.228. The molecule has 0 saturated carbocycles. The van der Waals surface area contributed by atoms with Gasteiger partial charge in [-0.2, -0.15) is 13.1 Å². The van der Waals surface area contributed by atoms with Crippen molar-refractivity contribution in [1.82, 2.24) is 9.44 Å². The molecule has 0 saturated heterocycles. The molecule has 15 heavy (non-hydrogen) atoms. The lowest BCUT2D eigenvalue weighted by molar-refractivity contribution is -0.142. The molecule has 0 aromatic rings. The zero-order valence-corrected chi connectivity index (χ0v) is 10.1. The molecule has 0 unspecified atom stereocenters. The van der Waals surface area contributed by atoms with E-state index in [2.05, 4.69) is 14.2 Å². The number of ether oxygens (including phenoxy) is 1. The van der Waals surface area contributed by atoms with E-state index in [0.717, 1.165) is 0 Å². The second-order valence-corrected chi connectivity index (χ2v) is 4.76. The Kier molecular flexibility index (Phi) is 6.46. The van der Waals surface area contributed by atoms with Crippen LogP contribution in [0.5, 0.6) is 0 Å². The van der Waals surface area contributed by atoms with Crippen LogP contribution in [-0.2, 0) is 19.7 Å². The van der Waals surface area contributed by atoms with Crippen LogP contribution in [0.3, 0.4) is 0 Å². The highest BCUT2D eigenvalue weighted by Gasteiger charge is 2.11. The van der Waals surface area contributed by atoms with Gasteiger partial charge in [-0.15, -0.1) is 0 Å². The van der Waals surface area contributed by atoms with Crippen molar-refractivity contribution in [2.75, 3.05) is 13.2 Å². The Balaban J connectivity index is 3.80. The number of nitrogens with one attached hydrogen (secondary N) is 2. The maximum absolute atomic E-state index is 11.2. The second kappa shape index (κ2) is 6.76. The predicted molar refractivity (Wildman–Crippen MR) is 56.4 cm³/mol. The van der Waals surface area contributed by atoms with E-state index in [1.54, 1.807) is 20.8 Å². The van der Waals surface area contributed by atoms with Gasteiger partial charge < -0.3 is 4.74 Å². The first-order valence-corrected chi connectivity index (χ1v) is 6.28. The summed E-state index contributed by atoms with van der Waals surface area (Å²) in [6, 6.07) is -0.176. The zero-order chi connectivity index (χ0) is 11.9. The summed E-state index contributed by atoms with van der Waals surface area (Å²) in [5.74, 6) is -0.412. The van der Waals surface area contributed by atoms with Crippen molar-refractivity contribution in [3.63, 3.8) is 0 Å². The summed E-state index contributed by atoms with van der Waals surface area (Å²) in [6.07, 6.45) is 0.0346. The van der Waals surface area contributed by atoms with Gasteiger partial charge in [0.15, 0.2) is 0 Å². The molecule has 7 heteroatoms. The van der Waals surface area contributed by atoms with Crippen LogP contribution < -0.4 is 9.44 Å². The quantitative estimate of drug-likeness (QED) is 0.600. The van der Waals surface area contributed by atoms with Gasteiger partial charge in [0, 0.05) is 12.6 Å². The van der Waals surface area contributed by atoms with Gasteiger partial charge in [0.05, 0.1) is 13.0 Å². The Labute approximate surface area is 90.6 Å². The van der Waals surface area contributed by atoms with Gasteiger partial charge in [-0.05, 0) is 20.8 Å².